The smallest absolute Gasteiger partial charge is 0.177 e. The van der Waals surface area contributed by atoms with Crippen LogP contribution < -0.4 is 10.6 Å². The molecule has 1 fully saturated rings. The molecule has 1 aliphatic heterocycles. The summed E-state index contributed by atoms with van der Waals surface area (Å²) in [5, 5.41) is 0. The van der Waals surface area contributed by atoms with Crippen molar-refractivity contribution in [3.8, 4) is 0 Å². The first-order valence-corrected chi connectivity index (χ1v) is 8.11. The van der Waals surface area contributed by atoms with Crippen molar-refractivity contribution >= 4 is 21.2 Å². The molecule has 1 aromatic rings. The maximum absolute atomic E-state index is 11.5. The average Bonchev–Trinajstić information content (AvgIpc) is 2.28. The minimum atomic E-state index is -3.23. The Labute approximate surface area is 109 Å². The number of nitrogen functional groups attached to an aromatic ring is 1. The van der Waals surface area contributed by atoms with Crippen LogP contribution in [-0.2, 0) is 9.84 Å². The Morgan fingerprint density at radius 3 is 2.39 bits per heavy atom. The van der Waals surface area contributed by atoms with Gasteiger partial charge in [-0.3, -0.25) is 0 Å². The lowest BCUT2D eigenvalue weighted by Gasteiger charge is -2.32. The number of rotatable bonds is 2. The lowest BCUT2D eigenvalue weighted by molar-refractivity contribution is 0.438. The fraction of sp³-hybridized carbons (Fsp3) is 0.538. The normalized spacial score (nSPS) is 18.0. The molecule has 1 saturated heterocycles. The largest absolute Gasteiger partial charge is 0.398 e. The van der Waals surface area contributed by atoms with Crippen LogP contribution in [0.15, 0.2) is 23.1 Å². The van der Waals surface area contributed by atoms with Crippen molar-refractivity contribution in [2.24, 2.45) is 5.92 Å². The second-order valence-electron chi connectivity index (χ2n) is 5.16. The summed E-state index contributed by atoms with van der Waals surface area (Å²) in [6, 6.07) is 5.23. The minimum Gasteiger partial charge on any atom is -0.398 e. The predicted octanol–water partition coefficient (Wildman–Crippen LogP) is 1.91. The average molecular weight is 268 g/mol. The highest BCUT2D eigenvalue weighted by atomic mass is 32.2. The van der Waals surface area contributed by atoms with Gasteiger partial charge in [0, 0.05) is 25.0 Å². The number of nitrogens with two attached hydrogens (primary N) is 1. The van der Waals surface area contributed by atoms with Gasteiger partial charge in [0.25, 0.3) is 0 Å². The molecule has 0 unspecified atom stereocenters. The zero-order chi connectivity index (χ0) is 13.3. The molecule has 0 amide bonds. The molecule has 100 valence electrons. The van der Waals surface area contributed by atoms with Gasteiger partial charge in [0.2, 0.25) is 0 Å². The van der Waals surface area contributed by atoms with Crippen LogP contribution in [0.25, 0.3) is 0 Å². The Bertz CT molecular complexity index is 532. The molecule has 4 nitrogen and oxygen atoms in total. The van der Waals surface area contributed by atoms with Crippen LogP contribution in [0.2, 0.25) is 0 Å². The number of hydrogen-bond acceptors (Lipinski definition) is 4. The Morgan fingerprint density at radius 1 is 1.28 bits per heavy atom. The maximum Gasteiger partial charge on any atom is 0.177 e. The van der Waals surface area contributed by atoms with Gasteiger partial charge in [-0.25, -0.2) is 8.42 Å². The SMILES string of the molecule is CC1CCN(c2ccc(S(C)(=O)=O)c(N)c2)CC1. The summed E-state index contributed by atoms with van der Waals surface area (Å²) in [5.74, 6) is 0.772. The highest BCUT2D eigenvalue weighted by Crippen LogP contribution is 2.28. The lowest BCUT2D eigenvalue weighted by Crippen LogP contribution is -2.32. The van der Waals surface area contributed by atoms with E-state index < -0.39 is 9.84 Å². The van der Waals surface area contributed by atoms with Crippen LogP contribution in [0.4, 0.5) is 11.4 Å². The Balaban J connectivity index is 2.24. The van der Waals surface area contributed by atoms with E-state index in [0.29, 0.717) is 5.69 Å². The van der Waals surface area contributed by atoms with Gasteiger partial charge >= 0.3 is 0 Å². The zero-order valence-corrected chi connectivity index (χ0v) is 11.7. The van der Waals surface area contributed by atoms with Crippen molar-refractivity contribution in [2.45, 2.75) is 24.7 Å². The molecular weight excluding hydrogens is 248 g/mol. The molecule has 5 heteroatoms. The lowest BCUT2D eigenvalue weighted by atomic mass is 9.99. The minimum absolute atomic E-state index is 0.219. The first-order chi connectivity index (χ1) is 8.38. The van der Waals surface area contributed by atoms with Crippen LogP contribution in [0.1, 0.15) is 19.8 Å². The summed E-state index contributed by atoms with van der Waals surface area (Å²) < 4.78 is 23.0. The topological polar surface area (TPSA) is 63.4 Å². The van der Waals surface area contributed by atoms with Crippen molar-refractivity contribution in [2.75, 3.05) is 30.0 Å². The molecule has 0 aliphatic carbocycles. The van der Waals surface area contributed by atoms with Gasteiger partial charge in [0.05, 0.1) is 10.6 Å². The van der Waals surface area contributed by atoms with E-state index in [4.69, 9.17) is 5.73 Å². The molecule has 0 saturated carbocycles. The van der Waals surface area contributed by atoms with Gasteiger partial charge in [0.15, 0.2) is 9.84 Å². The van der Waals surface area contributed by atoms with Gasteiger partial charge in [-0.15, -0.1) is 0 Å². The molecule has 18 heavy (non-hydrogen) atoms. The highest BCUT2D eigenvalue weighted by Gasteiger charge is 2.18. The monoisotopic (exact) mass is 268 g/mol. The molecule has 1 aliphatic rings. The quantitative estimate of drug-likeness (QED) is 0.832. The summed E-state index contributed by atoms with van der Waals surface area (Å²) >= 11 is 0. The second kappa shape index (κ2) is 4.80. The molecule has 0 aromatic heterocycles. The van der Waals surface area contributed by atoms with Gasteiger partial charge in [-0.2, -0.15) is 0 Å². The van der Waals surface area contributed by atoms with E-state index in [0.717, 1.165) is 24.7 Å². The van der Waals surface area contributed by atoms with E-state index >= 15 is 0 Å². The number of sulfone groups is 1. The standard InChI is InChI=1S/C13H20N2O2S/c1-10-5-7-15(8-6-10)11-3-4-13(12(14)9-11)18(2,16)17/h3-4,9-10H,5-8,14H2,1-2H3. The summed E-state index contributed by atoms with van der Waals surface area (Å²) in [5.41, 5.74) is 7.20. The summed E-state index contributed by atoms with van der Waals surface area (Å²) in [7, 11) is -3.23. The van der Waals surface area contributed by atoms with E-state index in [1.165, 1.54) is 19.1 Å². The Morgan fingerprint density at radius 2 is 1.89 bits per heavy atom. The fourth-order valence-electron chi connectivity index (χ4n) is 2.34. The number of benzene rings is 1. The van der Waals surface area contributed by atoms with Crippen LogP contribution in [0, 0.1) is 5.92 Å². The van der Waals surface area contributed by atoms with Crippen LogP contribution in [-0.4, -0.2) is 27.8 Å². The van der Waals surface area contributed by atoms with Gasteiger partial charge in [-0.05, 0) is 37.0 Å². The molecule has 2 rings (SSSR count). The molecular formula is C13H20N2O2S. The number of anilines is 2. The number of piperidine rings is 1. The van der Waals surface area contributed by atoms with Gasteiger partial charge in [-0.1, -0.05) is 6.92 Å². The molecule has 0 bridgehead atoms. The zero-order valence-electron chi connectivity index (χ0n) is 10.9. The summed E-state index contributed by atoms with van der Waals surface area (Å²) in [4.78, 5) is 2.49. The van der Waals surface area contributed by atoms with E-state index in [9.17, 15) is 8.42 Å². The first kappa shape index (κ1) is 13.2. The van der Waals surface area contributed by atoms with E-state index in [1.54, 1.807) is 12.1 Å². The summed E-state index contributed by atoms with van der Waals surface area (Å²) in [6.07, 6.45) is 3.53. The molecule has 1 aromatic carbocycles. The third kappa shape index (κ3) is 2.77. The van der Waals surface area contributed by atoms with Crippen molar-refractivity contribution in [3.05, 3.63) is 18.2 Å². The van der Waals surface area contributed by atoms with Crippen LogP contribution >= 0.6 is 0 Å². The van der Waals surface area contributed by atoms with Gasteiger partial charge in [0.1, 0.15) is 0 Å². The Kier molecular flexibility index (Phi) is 3.52. The third-order valence-electron chi connectivity index (χ3n) is 3.54. The highest BCUT2D eigenvalue weighted by molar-refractivity contribution is 7.90. The molecule has 0 atom stereocenters. The van der Waals surface area contributed by atoms with E-state index in [2.05, 4.69) is 11.8 Å². The predicted molar refractivity (Wildman–Crippen MR) is 74.6 cm³/mol. The van der Waals surface area contributed by atoms with Crippen LogP contribution in [0.5, 0.6) is 0 Å². The van der Waals surface area contributed by atoms with Crippen molar-refractivity contribution in [3.63, 3.8) is 0 Å². The molecule has 0 radical (unpaired) electrons. The van der Waals surface area contributed by atoms with Crippen molar-refractivity contribution in [1.82, 2.24) is 0 Å². The summed E-state index contributed by atoms with van der Waals surface area (Å²) in [6.45, 7) is 4.29. The van der Waals surface area contributed by atoms with Crippen molar-refractivity contribution < 1.29 is 8.42 Å². The van der Waals surface area contributed by atoms with Crippen molar-refractivity contribution in [1.29, 1.82) is 0 Å². The van der Waals surface area contributed by atoms with E-state index in [-0.39, 0.29) is 4.90 Å². The Hall–Kier alpha value is -1.23. The fourth-order valence-corrected chi connectivity index (χ4v) is 3.14. The third-order valence-corrected chi connectivity index (χ3v) is 4.71. The van der Waals surface area contributed by atoms with E-state index in [1.807, 2.05) is 6.07 Å². The van der Waals surface area contributed by atoms with Crippen LogP contribution in [0.3, 0.4) is 0 Å². The number of hydrogen-bond donors (Lipinski definition) is 1. The number of nitrogens with zero attached hydrogens (tertiary/aromatic N) is 1. The van der Waals surface area contributed by atoms with Gasteiger partial charge < -0.3 is 10.6 Å². The maximum atomic E-state index is 11.5. The molecule has 1 heterocycles. The first-order valence-electron chi connectivity index (χ1n) is 6.22. The molecule has 0 spiro atoms. The second-order valence-corrected chi connectivity index (χ2v) is 7.15. The molecule has 2 N–H and O–H groups in total.